The predicted molar refractivity (Wildman–Crippen MR) is 118 cm³/mol. The molecule has 2 heterocycles. The van der Waals surface area contributed by atoms with Crippen molar-refractivity contribution in [1.29, 1.82) is 0 Å². The quantitative estimate of drug-likeness (QED) is 0.724. The van der Waals surface area contributed by atoms with Crippen LogP contribution in [-0.2, 0) is 4.79 Å². The Kier molecular flexibility index (Phi) is 6.25. The summed E-state index contributed by atoms with van der Waals surface area (Å²) in [5.41, 5.74) is 1.57. The highest BCUT2D eigenvalue weighted by Crippen LogP contribution is 2.39. The minimum absolute atomic E-state index is 0.146. The van der Waals surface area contributed by atoms with Crippen LogP contribution in [0.3, 0.4) is 0 Å². The van der Waals surface area contributed by atoms with E-state index in [0.717, 1.165) is 36.5 Å². The maximum Gasteiger partial charge on any atom is 0.308 e. The lowest BCUT2D eigenvalue weighted by Gasteiger charge is -2.38. The largest absolute Gasteiger partial charge is 0.481 e. The first-order chi connectivity index (χ1) is 14.6. The van der Waals surface area contributed by atoms with Crippen molar-refractivity contribution in [3.05, 3.63) is 53.1 Å². The van der Waals surface area contributed by atoms with Crippen molar-refractivity contribution in [2.75, 3.05) is 19.6 Å². The van der Waals surface area contributed by atoms with E-state index in [1.807, 2.05) is 36.4 Å². The average molecular weight is 428 g/mol. The van der Waals surface area contributed by atoms with Crippen LogP contribution in [0.4, 0.5) is 5.69 Å². The maximum absolute atomic E-state index is 11.9. The van der Waals surface area contributed by atoms with Gasteiger partial charge in [0.1, 0.15) is 17.3 Å². The lowest BCUT2D eigenvalue weighted by atomic mass is 9.92. The highest BCUT2D eigenvalue weighted by Gasteiger charge is 2.34. The Morgan fingerprint density at radius 3 is 2.97 bits per heavy atom. The summed E-state index contributed by atoms with van der Waals surface area (Å²) in [6.45, 7) is 4.06. The molecule has 0 bridgehead atoms. The van der Waals surface area contributed by atoms with Crippen LogP contribution in [-0.4, -0.2) is 47.5 Å². The SMILES string of the molecule is CCCC[C@H](C(=O)O)C1CN(C2=Nc3ccccc3Oc3ccc(Cl)cc32)CCN1. The first-order valence-electron chi connectivity index (χ1n) is 10.4. The Morgan fingerprint density at radius 1 is 1.33 bits per heavy atom. The van der Waals surface area contributed by atoms with Gasteiger partial charge < -0.3 is 20.1 Å². The number of rotatable bonds is 5. The summed E-state index contributed by atoms with van der Waals surface area (Å²) < 4.78 is 6.13. The molecule has 1 fully saturated rings. The molecule has 0 amide bonds. The number of nitrogens with zero attached hydrogens (tertiary/aromatic N) is 2. The summed E-state index contributed by atoms with van der Waals surface area (Å²) in [7, 11) is 0. The minimum atomic E-state index is -0.747. The summed E-state index contributed by atoms with van der Waals surface area (Å²) in [6.07, 6.45) is 2.54. The Morgan fingerprint density at radius 2 is 2.17 bits per heavy atom. The number of piperazine rings is 1. The average Bonchev–Trinajstić information content (AvgIpc) is 2.90. The molecule has 7 heteroatoms. The van der Waals surface area contributed by atoms with Gasteiger partial charge in [-0.05, 0) is 36.8 Å². The second kappa shape index (κ2) is 9.06. The summed E-state index contributed by atoms with van der Waals surface area (Å²) in [5, 5.41) is 13.8. The molecule has 158 valence electrons. The molecule has 0 aliphatic carbocycles. The number of carboxylic acids is 1. The van der Waals surface area contributed by atoms with Crippen molar-refractivity contribution in [3.8, 4) is 11.5 Å². The number of halogens is 1. The second-order valence-corrected chi connectivity index (χ2v) is 8.18. The molecule has 1 unspecified atom stereocenters. The van der Waals surface area contributed by atoms with Gasteiger partial charge in [0.25, 0.3) is 0 Å². The van der Waals surface area contributed by atoms with Crippen LogP contribution < -0.4 is 10.1 Å². The Bertz CT molecular complexity index is 962. The van der Waals surface area contributed by atoms with Gasteiger partial charge in [0.2, 0.25) is 0 Å². The minimum Gasteiger partial charge on any atom is -0.481 e. The summed E-state index contributed by atoms with van der Waals surface area (Å²) in [5.74, 6) is 0.973. The van der Waals surface area contributed by atoms with Crippen LogP contribution in [0.25, 0.3) is 0 Å². The van der Waals surface area contributed by atoms with E-state index >= 15 is 0 Å². The van der Waals surface area contributed by atoms with Gasteiger partial charge in [-0.25, -0.2) is 4.99 Å². The number of unbranched alkanes of at least 4 members (excludes halogenated alkanes) is 1. The number of fused-ring (bicyclic) bond motifs is 2. The van der Waals surface area contributed by atoms with E-state index in [1.165, 1.54) is 0 Å². The third-order valence-corrected chi connectivity index (χ3v) is 5.91. The van der Waals surface area contributed by atoms with Crippen molar-refractivity contribution in [1.82, 2.24) is 10.2 Å². The second-order valence-electron chi connectivity index (χ2n) is 7.74. The molecule has 0 radical (unpaired) electrons. The molecular weight excluding hydrogens is 402 g/mol. The van der Waals surface area contributed by atoms with Gasteiger partial charge in [-0.15, -0.1) is 0 Å². The zero-order valence-electron chi connectivity index (χ0n) is 17.0. The molecule has 1 saturated heterocycles. The molecule has 0 spiro atoms. The van der Waals surface area contributed by atoms with Gasteiger partial charge in [-0.1, -0.05) is 43.5 Å². The topological polar surface area (TPSA) is 74.2 Å². The summed E-state index contributed by atoms with van der Waals surface area (Å²) in [6, 6.07) is 13.0. The first-order valence-corrected chi connectivity index (χ1v) is 10.8. The predicted octanol–water partition coefficient (Wildman–Crippen LogP) is 4.69. The number of aliphatic carboxylic acids is 1. The van der Waals surface area contributed by atoms with E-state index in [9.17, 15) is 9.90 Å². The lowest BCUT2D eigenvalue weighted by Crippen LogP contribution is -2.56. The van der Waals surface area contributed by atoms with Crippen LogP contribution in [0.2, 0.25) is 5.02 Å². The Hall–Kier alpha value is -2.57. The number of carbonyl (C=O) groups is 1. The van der Waals surface area contributed by atoms with Crippen molar-refractivity contribution < 1.29 is 14.6 Å². The van der Waals surface area contributed by atoms with Gasteiger partial charge in [0.05, 0.1) is 11.5 Å². The summed E-state index contributed by atoms with van der Waals surface area (Å²) in [4.78, 5) is 19.0. The van der Waals surface area contributed by atoms with E-state index < -0.39 is 11.9 Å². The van der Waals surface area contributed by atoms with E-state index in [0.29, 0.717) is 36.0 Å². The van der Waals surface area contributed by atoms with Gasteiger partial charge >= 0.3 is 5.97 Å². The summed E-state index contributed by atoms with van der Waals surface area (Å²) >= 11 is 6.30. The van der Waals surface area contributed by atoms with Gasteiger partial charge in [0, 0.05) is 30.7 Å². The molecule has 2 aromatic rings. The third kappa shape index (κ3) is 4.30. The molecule has 0 saturated carbocycles. The molecule has 4 rings (SSSR count). The van der Waals surface area contributed by atoms with Crippen LogP contribution in [0, 0.1) is 5.92 Å². The number of hydrogen-bond acceptors (Lipinski definition) is 5. The Labute approximate surface area is 181 Å². The van der Waals surface area contributed by atoms with E-state index in [2.05, 4.69) is 17.1 Å². The van der Waals surface area contributed by atoms with Crippen molar-refractivity contribution in [2.45, 2.75) is 32.2 Å². The molecule has 2 atom stereocenters. The fraction of sp³-hybridized carbons (Fsp3) is 0.391. The monoisotopic (exact) mass is 427 g/mol. The molecule has 30 heavy (non-hydrogen) atoms. The zero-order valence-corrected chi connectivity index (χ0v) is 17.7. The van der Waals surface area contributed by atoms with Gasteiger partial charge in [-0.2, -0.15) is 0 Å². The van der Waals surface area contributed by atoms with Gasteiger partial charge in [0.15, 0.2) is 5.75 Å². The highest BCUT2D eigenvalue weighted by atomic mass is 35.5. The molecule has 2 aromatic carbocycles. The number of hydrogen-bond donors (Lipinski definition) is 2. The smallest absolute Gasteiger partial charge is 0.308 e. The van der Waals surface area contributed by atoms with E-state index in [-0.39, 0.29) is 6.04 Å². The zero-order chi connectivity index (χ0) is 21.1. The number of benzene rings is 2. The number of aliphatic imine (C=N–C) groups is 1. The molecule has 0 aromatic heterocycles. The van der Waals surface area contributed by atoms with Gasteiger partial charge in [-0.3, -0.25) is 4.79 Å². The number of ether oxygens (including phenoxy) is 1. The molecule has 2 aliphatic heterocycles. The van der Waals surface area contributed by atoms with E-state index in [1.54, 1.807) is 6.07 Å². The number of amidine groups is 1. The van der Waals surface area contributed by atoms with Crippen molar-refractivity contribution >= 4 is 29.1 Å². The molecule has 6 nitrogen and oxygen atoms in total. The van der Waals surface area contributed by atoms with Crippen molar-refractivity contribution in [2.24, 2.45) is 10.9 Å². The third-order valence-electron chi connectivity index (χ3n) is 5.67. The molecular formula is C23H26ClN3O3. The van der Waals surface area contributed by atoms with Crippen molar-refractivity contribution in [3.63, 3.8) is 0 Å². The lowest BCUT2D eigenvalue weighted by molar-refractivity contribution is -0.143. The highest BCUT2D eigenvalue weighted by molar-refractivity contribution is 6.31. The molecule has 2 N–H and O–H groups in total. The van der Waals surface area contributed by atoms with Crippen LogP contribution in [0.1, 0.15) is 31.7 Å². The number of carboxylic acid groups (broad SMARTS) is 1. The van der Waals surface area contributed by atoms with Crippen LogP contribution in [0.15, 0.2) is 47.5 Å². The molecule has 2 aliphatic rings. The maximum atomic E-state index is 11.9. The van der Waals surface area contributed by atoms with E-state index in [4.69, 9.17) is 21.3 Å². The van der Waals surface area contributed by atoms with Crippen LogP contribution in [0.5, 0.6) is 11.5 Å². The fourth-order valence-corrected chi connectivity index (χ4v) is 4.27. The standard InChI is InChI=1S/C23H26ClN3O3/c1-2-3-6-16(23(28)29)19-14-27(12-11-25-19)22-17-13-15(24)9-10-20(17)30-21-8-5-4-7-18(21)26-22/h4-5,7-10,13,16,19,25H,2-3,6,11-12,14H2,1H3,(H,28,29)/t16-,19?/m0/s1. The number of para-hydroxylation sites is 2. The normalized spacial score (nSPS) is 19.1. The Balaban J connectivity index is 1.70. The number of nitrogens with one attached hydrogen (secondary N) is 1. The first kappa shape index (κ1) is 20.7. The van der Waals surface area contributed by atoms with Crippen LogP contribution >= 0.6 is 11.6 Å². The fourth-order valence-electron chi connectivity index (χ4n) is 4.10.